The molecular formula is C17H13BrClN3O. The summed E-state index contributed by atoms with van der Waals surface area (Å²) in [5, 5.41) is 7.93. The molecular weight excluding hydrogens is 378 g/mol. The molecule has 6 heteroatoms. The number of hydrogen-bond donors (Lipinski definition) is 1. The van der Waals surface area contributed by atoms with E-state index in [9.17, 15) is 4.79 Å². The predicted octanol–water partition coefficient (Wildman–Crippen LogP) is 4.85. The van der Waals surface area contributed by atoms with Crippen LogP contribution < -0.4 is 5.32 Å². The van der Waals surface area contributed by atoms with Crippen molar-refractivity contribution in [1.29, 1.82) is 0 Å². The van der Waals surface area contributed by atoms with E-state index in [1.807, 2.05) is 37.4 Å². The maximum Gasteiger partial charge on any atom is 0.256 e. The summed E-state index contributed by atoms with van der Waals surface area (Å²) in [6.45, 7) is 1.90. The Hall–Kier alpha value is -2.11. The summed E-state index contributed by atoms with van der Waals surface area (Å²) in [7, 11) is 0. The minimum atomic E-state index is -0.198. The van der Waals surface area contributed by atoms with Crippen LogP contribution in [0.1, 0.15) is 15.9 Å². The van der Waals surface area contributed by atoms with E-state index in [2.05, 4.69) is 26.3 Å². The first-order valence-electron chi connectivity index (χ1n) is 6.92. The van der Waals surface area contributed by atoms with Gasteiger partial charge in [0, 0.05) is 26.8 Å². The van der Waals surface area contributed by atoms with Crippen LogP contribution in [0.25, 0.3) is 5.69 Å². The summed E-state index contributed by atoms with van der Waals surface area (Å²) in [5.41, 5.74) is 2.32. The van der Waals surface area contributed by atoms with Crippen molar-refractivity contribution in [2.24, 2.45) is 0 Å². The van der Waals surface area contributed by atoms with Crippen LogP contribution in [-0.2, 0) is 0 Å². The second kappa shape index (κ2) is 6.56. The summed E-state index contributed by atoms with van der Waals surface area (Å²) in [4.78, 5) is 12.3. The summed E-state index contributed by atoms with van der Waals surface area (Å²) in [5.74, 6) is 0.334. The van der Waals surface area contributed by atoms with Gasteiger partial charge in [-0.25, -0.2) is 4.68 Å². The van der Waals surface area contributed by atoms with Crippen molar-refractivity contribution in [3.8, 4) is 5.69 Å². The van der Waals surface area contributed by atoms with Gasteiger partial charge >= 0.3 is 0 Å². The number of nitrogens with one attached hydrogen (secondary N) is 1. The SMILES string of the molecule is Cc1cn(-c2ccc(Cl)cc2)nc1NC(=O)c1cccc(Br)c1. The summed E-state index contributed by atoms with van der Waals surface area (Å²) >= 11 is 9.25. The van der Waals surface area contributed by atoms with Crippen molar-refractivity contribution in [1.82, 2.24) is 9.78 Å². The second-order valence-corrected chi connectivity index (χ2v) is 6.40. The van der Waals surface area contributed by atoms with Gasteiger partial charge in [-0.15, -0.1) is 5.10 Å². The molecule has 1 heterocycles. The van der Waals surface area contributed by atoms with E-state index in [1.165, 1.54) is 0 Å². The number of halogens is 2. The van der Waals surface area contributed by atoms with Gasteiger partial charge in [-0.1, -0.05) is 33.6 Å². The lowest BCUT2D eigenvalue weighted by molar-refractivity contribution is 0.102. The quantitative estimate of drug-likeness (QED) is 0.695. The van der Waals surface area contributed by atoms with Gasteiger partial charge in [0.25, 0.3) is 5.91 Å². The van der Waals surface area contributed by atoms with Gasteiger partial charge < -0.3 is 5.32 Å². The number of aryl methyl sites for hydroxylation is 1. The van der Waals surface area contributed by atoms with Crippen molar-refractivity contribution in [2.75, 3.05) is 5.32 Å². The average molecular weight is 391 g/mol. The highest BCUT2D eigenvalue weighted by molar-refractivity contribution is 9.10. The normalized spacial score (nSPS) is 10.6. The molecule has 0 unspecified atom stereocenters. The zero-order valence-electron chi connectivity index (χ0n) is 12.3. The van der Waals surface area contributed by atoms with Crippen LogP contribution >= 0.6 is 27.5 Å². The van der Waals surface area contributed by atoms with E-state index in [1.54, 1.807) is 28.9 Å². The maximum atomic E-state index is 12.3. The first kappa shape index (κ1) is 15.8. The molecule has 23 heavy (non-hydrogen) atoms. The van der Waals surface area contributed by atoms with Crippen molar-refractivity contribution >= 4 is 39.3 Å². The topological polar surface area (TPSA) is 46.9 Å². The fourth-order valence-electron chi connectivity index (χ4n) is 2.12. The van der Waals surface area contributed by atoms with Crippen molar-refractivity contribution in [3.05, 3.63) is 75.4 Å². The van der Waals surface area contributed by atoms with E-state index >= 15 is 0 Å². The summed E-state index contributed by atoms with van der Waals surface area (Å²) < 4.78 is 2.57. The molecule has 0 saturated carbocycles. The van der Waals surface area contributed by atoms with E-state index in [-0.39, 0.29) is 5.91 Å². The van der Waals surface area contributed by atoms with E-state index < -0.39 is 0 Å². The first-order valence-corrected chi connectivity index (χ1v) is 8.09. The Morgan fingerprint density at radius 3 is 2.65 bits per heavy atom. The minimum Gasteiger partial charge on any atom is -0.305 e. The Morgan fingerprint density at radius 2 is 1.96 bits per heavy atom. The lowest BCUT2D eigenvalue weighted by Gasteiger charge is -2.04. The van der Waals surface area contributed by atoms with Crippen LogP contribution in [0.4, 0.5) is 5.82 Å². The number of carbonyl (C=O) groups excluding carboxylic acids is 1. The third-order valence-electron chi connectivity index (χ3n) is 3.31. The molecule has 0 aliphatic rings. The van der Waals surface area contributed by atoms with Gasteiger partial charge in [0.05, 0.1) is 5.69 Å². The van der Waals surface area contributed by atoms with Crippen LogP contribution in [0.15, 0.2) is 59.2 Å². The molecule has 2 aromatic carbocycles. The van der Waals surface area contributed by atoms with Crippen molar-refractivity contribution in [3.63, 3.8) is 0 Å². The molecule has 0 spiro atoms. The summed E-state index contributed by atoms with van der Waals surface area (Å²) in [6, 6.07) is 14.5. The number of carbonyl (C=O) groups is 1. The van der Waals surface area contributed by atoms with Crippen LogP contribution in [0.2, 0.25) is 5.02 Å². The van der Waals surface area contributed by atoms with E-state index in [4.69, 9.17) is 11.6 Å². The molecule has 0 radical (unpaired) electrons. The number of rotatable bonds is 3. The Morgan fingerprint density at radius 1 is 1.22 bits per heavy atom. The molecule has 0 atom stereocenters. The fourth-order valence-corrected chi connectivity index (χ4v) is 2.64. The molecule has 3 rings (SSSR count). The largest absolute Gasteiger partial charge is 0.305 e. The van der Waals surface area contributed by atoms with Crippen LogP contribution in [0.3, 0.4) is 0 Å². The molecule has 3 aromatic rings. The zero-order chi connectivity index (χ0) is 16.4. The van der Waals surface area contributed by atoms with Crippen LogP contribution in [0.5, 0.6) is 0 Å². The van der Waals surface area contributed by atoms with Gasteiger partial charge in [-0.2, -0.15) is 0 Å². The number of anilines is 1. The van der Waals surface area contributed by atoms with Gasteiger partial charge in [0.2, 0.25) is 0 Å². The van der Waals surface area contributed by atoms with E-state index in [0.717, 1.165) is 15.7 Å². The molecule has 1 aromatic heterocycles. The molecule has 116 valence electrons. The van der Waals surface area contributed by atoms with Crippen LogP contribution in [0, 0.1) is 6.92 Å². The summed E-state index contributed by atoms with van der Waals surface area (Å²) in [6.07, 6.45) is 1.86. The Kier molecular flexibility index (Phi) is 4.50. The third-order valence-corrected chi connectivity index (χ3v) is 4.05. The lowest BCUT2D eigenvalue weighted by atomic mass is 10.2. The lowest BCUT2D eigenvalue weighted by Crippen LogP contribution is -2.13. The highest BCUT2D eigenvalue weighted by Crippen LogP contribution is 2.19. The Bertz CT molecular complexity index is 859. The van der Waals surface area contributed by atoms with Gasteiger partial charge in [0.15, 0.2) is 5.82 Å². The van der Waals surface area contributed by atoms with Crippen LogP contribution in [-0.4, -0.2) is 15.7 Å². The number of hydrogen-bond acceptors (Lipinski definition) is 2. The number of amides is 1. The molecule has 0 bridgehead atoms. The minimum absolute atomic E-state index is 0.198. The zero-order valence-corrected chi connectivity index (χ0v) is 14.6. The smallest absolute Gasteiger partial charge is 0.256 e. The monoisotopic (exact) mass is 389 g/mol. The Labute approximate surface area is 147 Å². The standard InChI is InChI=1S/C17H13BrClN3O/c1-11-10-22(15-7-5-14(19)6-8-15)21-16(11)20-17(23)12-3-2-4-13(18)9-12/h2-10H,1H3,(H,20,21,23). The van der Waals surface area contributed by atoms with E-state index in [0.29, 0.717) is 16.4 Å². The predicted molar refractivity (Wildman–Crippen MR) is 95.4 cm³/mol. The Balaban J connectivity index is 1.84. The van der Waals surface area contributed by atoms with Crippen molar-refractivity contribution < 1.29 is 4.79 Å². The molecule has 4 nitrogen and oxygen atoms in total. The maximum absolute atomic E-state index is 12.3. The average Bonchev–Trinajstić information content (AvgIpc) is 2.89. The van der Waals surface area contributed by atoms with Gasteiger partial charge in [-0.3, -0.25) is 4.79 Å². The first-order chi connectivity index (χ1) is 11.0. The molecule has 0 aliphatic carbocycles. The highest BCUT2D eigenvalue weighted by Gasteiger charge is 2.12. The molecule has 1 amide bonds. The number of nitrogens with zero attached hydrogens (tertiary/aromatic N) is 2. The van der Waals surface area contributed by atoms with Gasteiger partial charge in [-0.05, 0) is 49.4 Å². The molecule has 0 aliphatic heterocycles. The number of aromatic nitrogens is 2. The van der Waals surface area contributed by atoms with Crippen molar-refractivity contribution in [2.45, 2.75) is 6.92 Å². The van der Waals surface area contributed by atoms with Gasteiger partial charge in [0.1, 0.15) is 0 Å². The fraction of sp³-hybridized carbons (Fsp3) is 0.0588. The molecule has 0 fully saturated rings. The molecule has 1 N–H and O–H groups in total. The highest BCUT2D eigenvalue weighted by atomic mass is 79.9. The third kappa shape index (κ3) is 3.63. The number of benzene rings is 2. The second-order valence-electron chi connectivity index (χ2n) is 5.05. The molecule has 0 saturated heterocycles.